The normalized spacial score (nSPS) is 18.1. The summed E-state index contributed by atoms with van der Waals surface area (Å²) in [5, 5.41) is 0.582. The van der Waals surface area contributed by atoms with Gasteiger partial charge in [-0.1, -0.05) is 24.6 Å². The molecule has 1 amide bonds. The summed E-state index contributed by atoms with van der Waals surface area (Å²) in [6, 6.07) is 3.95. The van der Waals surface area contributed by atoms with Gasteiger partial charge >= 0.3 is 6.09 Å². The van der Waals surface area contributed by atoms with Crippen LogP contribution in [0.25, 0.3) is 0 Å². The zero-order valence-electron chi connectivity index (χ0n) is 13.9. The predicted octanol–water partition coefficient (Wildman–Crippen LogP) is 4.31. The van der Waals surface area contributed by atoms with E-state index in [4.69, 9.17) is 16.3 Å². The maximum Gasteiger partial charge on any atom is 0.410 e. The molecule has 1 fully saturated rings. The van der Waals surface area contributed by atoms with E-state index < -0.39 is 5.60 Å². The first kappa shape index (κ1) is 17.1. The number of halogens is 1. The minimum absolute atomic E-state index is 0.144. The van der Waals surface area contributed by atoms with Crippen LogP contribution in [0.1, 0.15) is 46.1 Å². The molecule has 0 bridgehead atoms. The topological polar surface area (TPSA) is 42.4 Å². The van der Waals surface area contributed by atoms with E-state index in [0.29, 0.717) is 5.15 Å². The van der Waals surface area contributed by atoms with Gasteiger partial charge in [0.05, 0.1) is 0 Å². The second-order valence-electron chi connectivity index (χ2n) is 7.41. The van der Waals surface area contributed by atoms with Crippen LogP contribution < -0.4 is 0 Å². The maximum atomic E-state index is 12.1. The Morgan fingerprint density at radius 2 is 2.05 bits per heavy atom. The van der Waals surface area contributed by atoms with Crippen molar-refractivity contribution in [1.82, 2.24) is 9.88 Å². The molecule has 1 aliphatic heterocycles. The molecular weight excluding hydrogens is 300 g/mol. The van der Waals surface area contributed by atoms with E-state index >= 15 is 0 Å². The lowest BCUT2D eigenvalue weighted by atomic mass is 9.76. The monoisotopic (exact) mass is 324 g/mol. The Hall–Kier alpha value is -1.29. The van der Waals surface area contributed by atoms with Gasteiger partial charge in [0, 0.05) is 19.3 Å². The highest BCUT2D eigenvalue weighted by molar-refractivity contribution is 6.30. The van der Waals surface area contributed by atoms with E-state index in [-0.39, 0.29) is 11.5 Å². The Balaban J connectivity index is 1.93. The first-order valence-corrected chi connectivity index (χ1v) is 8.14. The van der Waals surface area contributed by atoms with E-state index in [2.05, 4.69) is 11.9 Å². The van der Waals surface area contributed by atoms with Crippen molar-refractivity contribution < 1.29 is 9.53 Å². The van der Waals surface area contributed by atoms with E-state index in [1.54, 1.807) is 11.1 Å². The average molecular weight is 325 g/mol. The molecule has 2 heterocycles. The number of pyridine rings is 1. The number of piperidine rings is 1. The van der Waals surface area contributed by atoms with E-state index in [9.17, 15) is 4.79 Å². The molecule has 0 saturated carbocycles. The van der Waals surface area contributed by atoms with Gasteiger partial charge in [0.1, 0.15) is 10.8 Å². The fourth-order valence-electron chi connectivity index (χ4n) is 2.74. The summed E-state index contributed by atoms with van der Waals surface area (Å²) in [5.74, 6) is 0. The van der Waals surface area contributed by atoms with Crippen LogP contribution in [0.4, 0.5) is 4.79 Å². The minimum Gasteiger partial charge on any atom is -0.444 e. The summed E-state index contributed by atoms with van der Waals surface area (Å²) in [4.78, 5) is 18.1. The van der Waals surface area contributed by atoms with Crippen molar-refractivity contribution in [3.63, 3.8) is 0 Å². The molecule has 0 atom stereocenters. The largest absolute Gasteiger partial charge is 0.444 e. The predicted molar refractivity (Wildman–Crippen MR) is 88.1 cm³/mol. The molecule has 0 spiro atoms. The summed E-state index contributed by atoms with van der Waals surface area (Å²) < 4.78 is 5.44. The van der Waals surface area contributed by atoms with Crippen LogP contribution in [0.2, 0.25) is 5.15 Å². The summed E-state index contributed by atoms with van der Waals surface area (Å²) >= 11 is 6.16. The molecule has 1 saturated heterocycles. The summed E-state index contributed by atoms with van der Waals surface area (Å²) in [7, 11) is 0. The quantitative estimate of drug-likeness (QED) is 0.761. The molecule has 1 aromatic rings. The van der Waals surface area contributed by atoms with Gasteiger partial charge in [-0.2, -0.15) is 0 Å². The van der Waals surface area contributed by atoms with Crippen LogP contribution in [0, 0.1) is 5.41 Å². The third kappa shape index (κ3) is 4.60. The Morgan fingerprint density at radius 3 is 2.59 bits per heavy atom. The lowest BCUT2D eigenvalue weighted by Crippen LogP contribution is -2.45. The van der Waals surface area contributed by atoms with E-state index in [1.165, 1.54) is 0 Å². The molecule has 1 aliphatic rings. The third-order valence-corrected chi connectivity index (χ3v) is 4.42. The summed E-state index contributed by atoms with van der Waals surface area (Å²) in [6.45, 7) is 9.38. The first-order valence-electron chi connectivity index (χ1n) is 7.76. The average Bonchev–Trinajstić information content (AvgIpc) is 2.40. The van der Waals surface area contributed by atoms with Crippen LogP contribution in [0.5, 0.6) is 0 Å². The molecule has 4 nitrogen and oxygen atoms in total. The zero-order chi connectivity index (χ0) is 16.4. The lowest BCUT2D eigenvalue weighted by molar-refractivity contribution is 0.0119. The van der Waals surface area contributed by atoms with Crippen LogP contribution >= 0.6 is 11.6 Å². The van der Waals surface area contributed by atoms with Crippen molar-refractivity contribution in [3.05, 3.63) is 29.0 Å². The number of carbonyl (C=O) groups excluding carboxylic acids is 1. The van der Waals surface area contributed by atoms with E-state index in [0.717, 1.165) is 37.9 Å². The van der Waals surface area contributed by atoms with Crippen molar-refractivity contribution >= 4 is 17.7 Å². The summed E-state index contributed by atoms with van der Waals surface area (Å²) in [5.41, 5.74) is 0.782. The van der Waals surface area contributed by atoms with Gasteiger partial charge in [0.15, 0.2) is 0 Å². The minimum atomic E-state index is -0.443. The number of nitrogens with zero attached hydrogens (tertiary/aromatic N) is 2. The third-order valence-electron chi connectivity index (χ3n) is 4.08. The lowest BCUT2D eigenvalue weighted by Gasteiger charge is -2.40. The van der Waals surface area contributed by atoms with Gasteiger partial charge in [-0.3, -0.25) is 0 Å². The van der Waals surface area contributed by atoms with Crippen molar-refractivity contribution in [2.45, 2.75) is 52.6 Å². The molecule has 0 aliphatic carbocycles. The first-order chi connectivity index (χ1) is 10.2. The molecular formula is C17H25ClN2O2. The number of likely N-dealkylation sites (tertiary alicyclic amines) is 1. The van der Waals surface area contributed by atoms with Gasteiger partial charge in [-0.05, 0) is 57.1 Å². The number of carbonyl (C=O) groups is 1. The molecule has 2 rings (SSSR count). The number of ether oxygens (including phenoxy) is 1. The van der Waals surface area contributed by atoms with E-state index in [1.807, 2.05) is 32.9 Å². The number of aromatic nitrogens is 1. The SMILES string of the molecule is CC1(Cc2cccnc2Cl)CCN(C(=O)OC(C)(C)C)CC1. The van der Waals surface area contributed by atoms with Crippen LogP contribution in [0.15, 0.2) is 18.3 Å². The Morgan fingerprint density at radius 1 is 1.41 bits per heavy atom. The summed E-state index contributed by atoms with van der Waals surface area (Å²) in [6.07, 6.45) is 4.27. The van der Waals surface area contributed by atoms with Crippen molar-refractivity contribution in [3.8, 4) is 0 Å². The highest BCUT2D eigenvalue weighted by atomic mass is 35.5. The molecule has 0 N–H and O–H groups in total. The molecule has 1 aromatic heterocycles. The van der Waals surface area contributed by atoms with Crippen LogP contribution in [-0.2, 0) is 11.2 Å². The smallest absolute Gasteiger partial charge is 0.410 e. The number of rotatable bonds is 2. The van der Waals surface area contributed by atoms with Crippen LogP contribution in [-0.4, -0.2) is 34.7 Å². The van der Waals surface area contributed by atoms with Gasteiger partial charge < -0.3 is 9.64 Å². The molecule has 0 aromatic carbocycles. The van der Waals surface area contributed by atoms with Gasteiger partial charge in [0.25, 0.3) is 0 Å². The second-order valence-corrected chi connectivity index (χ2v) is 7.77. The maximum absolute atomic E-state index is 12.1. The van der Waals surface area contributed by atoms with Crippen LogP contribution in [0.3, 0.4) is 0 Å². The highest BCUT2D eigenvalue weighted by Gasteiger charge is 2.34. The molecule has 0 unspecified atom stereocenters. The fraction of sp³-hybridized carbons (Fsp3) is 0.647. The highest BCUT2D eigenvalue weighted by Crippen LogP contribution is 2.36. The number of hydrogen-bond acceptors (Lipinski definition) is 3. The Labute approximate surface area is 137 Å². The molecule has 0 radical (unpaired) electrons. The molecule has 122 valence electrons. The fourth-order valence-corrected chi connectivity index (χ4v) is 2.93. The van der Waals surface area contributed by atoms with Gasteiger partial charge in [0.2, 0.25) is 0 Å². The van der Waals surface area contributed by atoms with Gasteiger partial charge in [-0.15, -0.1) is 0 Å². The number of amides is 1. The zero-order valence-corrected chi connectivity index (χ0v) is 14.6. The standard InChI is InChI=1S/C17H25ClN2O2/c1-16(2,3)22-15(21)20-10-7-17(4,8-11-20)12-13-6-5-9-19-14(13)18/h5-6,9H,7-8,10-12H2,1-4H3. The van der Waals surface area contributed by atoms with Crippen molar-refractivity contribution in [1.29, 1.82) is 0 Å². The Kier molecular flexibility index (Phi) is 5.00. The second kappa shape index (κ2) is 6.45. The Bertz CT molecular complexity index is 532. The molecule has 5 heteroatoms. The van der Waals surface area contributed by atoms with Crippen molar-refractivity contribution in [2.24, 2.45) is 5.41 Å². The van der Waals surface area contributed by atoms with Crippen molar-refractivity contribution in [2.75, 3.05) is 13.1 Å². The number of hydrogen-bond donors (Lipinski definition) is 0. The van der Waals surface area contributed by atoms with Gasteiger partial charge in [-0.25, -0.2) is 9.78 Å². The molecule has 22 heavy (non-hydrogen) atoms.